The van der Waals surface area contributed by atoms with Gasteiger partial charge in [-0.3, -0.25) is 9.20 Å². The summed E-state index contributed by atoms with van der Waals surface area (Å²) < 4.78 is 82.7. The number of piperidine rings is 1. The first-order chi connectivity index (χ1) is 19.9. The number of nitrogens with zero attached hydrogens (tertiary/aromatic N) is 3. The minimum atomic E-state index is -4.72. The monoisotopic (exact) mass is 590 g/mol. The number of ether oxygens (including phenoxy) is 1. The van der Waals surface area contributed by atoms with E-state index in [0.29, 0.717) is 6.42 Å². The van der Waals surface area contributed by atoms with Crippen LogP contribution in [0.15, 0.2) is 66.9 Å². The molecule has 2 aromatic carbocycles. The zero-order valence-electron chi connectivity index (χ0n) is 22.6. The van der Waals surface area contributed by atoms with Crippen molar-refractivity contribution in [1.29, 1.82) is 0 Å². The molecular formula is C30H28F6N4O2. The van der Waals surface area contributed by atoms with E-state index < -0.39 is 24.0 Å². The summed E-state index contributed by atoms with van der Waals surface area (Å²) in [4.78, 5) is 19.4. The van der Waals surface area contributed by atoms with Crippen LogP contribution in [0.5, 0.6) is 5.75 Å². The number of aromatic nitrogens is 2. The fourth-order valence-corrected chi connectivity index (χ4v) is 5.33. The highest BCUT2D eigenvalue weighted by Gasteiger charge is 2.35. The van der Waals surface area contributed by atoms with Crippen molar-refractivity contribution in [2.75, 3.05) is 18.0 Å². The summed E-state index contributed by atoms with van der Waals surface area (Å²) in [5.41, 5.74) is 1.98. The molecule has 0 spiro atoms. The van der Waals surface area contributed by atoms with Crippen molar-refractivity contribution in [2.45, 2.75) is 51.2 Å². The number of aryl methyl sites for hydroxylation is 1. The van der Waals surface area contributed by atoms with E-state index in [-0.39, 0.29) is 35.2 Å². The van der Waals surface area contributed by atoms with Gasteiger partial charge in [0.2, 0.25) is 0 Å². The van der Waals surface area contributed by atoms with Crippen LogP contribution in [0.2, 0.25) is 0 Å². The van der Waals surface area contributed by atoms with Gasteiger partial charge in [-0.2, -0.15) is 13.2 Å². The number of rotatable bonds is 7. The normalized spacial score (nSPS) is 14.8. The largest absolute Gasteiger partial charge is 0.573 e. The van der Waals surface area contributed by atoms with Gasteiger partial charge >= 0.3 is 12.5 Å². The van der Waals surface area contributed by atoms with Crippen LogP contribution in [0.4, 0.5) is 32.0 Å². The molecule has 0 saturated carbocycles. The van der Waals surface area contributed by atoms with Crippen LogP contribution >= 0.6 is 0 Å². The lowest BCUT2D eigenvalue weighted by Crippen LogP contribution is -2.32. The Morgan fingerprint density at radius 1 is 0.976 bits per heavy atom. The molecule has 0 unspecified atom stereocenters. The lowest BCUT2D eigenvalue weighted by molar-refractivity contribution is -0.274. The molecule has 1 aliphatic heterocycles. The van der Waals surface area contributed by atoms with Crippen molar-refractivity contribution in [3.8, 4) is 5.75 Å². The molecular weight excluding hydrogens is 562 g/mol. The second kappa shape index (κ2) is 11.6. The molecule has 1 fully saturated rings. The van der Waals surface area contributed by atoms with Gasteiger partial charge in [0.15, 0.2) is 0 Å². The Morgan fingerprint density at radius 3 is 2.24 bits per heavy atom. The Kier molecular flexibility index (Phi) is 8.07. The summed E-state index contributed by atoms with van der Waals surface area (Å²) in [6.45, 7) is 3.46. The van der Waals surface area contributed by atoms with Crippen LogP contribution in [-0.2, 0) is 19.1 Å². The standard InChI is InChI=1S/C30H28F6N4O2/c1-2-25-26(40-15-3-4-24(27(40)38-25)29(31,32)33)28(41)37-18-19-5-9-22(10-6-19)39-16-13-21(14-17-39)20-7-11-23(12-8-20)42-30(34,35)36/h3-12,15,21H,2,13-14,16-18H2,1H3,(H,37,41). The SMILES string of the molecule is CCc1nc2c(C(F)(F)F)cccn2c1C(=O)NCc1ccc(N2CCC(c3ccc(OC(F)(F)F)cc3)CC2)cc1. The van der Waals surface area contributed by atoms with Crippen molar-refractivity contribution < 1.29 is 35.9 Å². The van der Waals surface area contributed by atoms with Crippen molar-refractivity contribution in [1.82, 2.24) is 14.7 Å². The van der Waals surface area contributed by atoms with Gasteiger partial charge in [-0.15, -0.1) is 13.2 Å². The summed E-state index contributed by atoms with van der Waals surface area (Å²) in [5.74, 6) is -0.516. The molecule has 0 bridgehead atoms. The first-order valence-corrected chi connectivity index (χ1v) is 13.5. The fourth-order valence-electron chi connectivity index (χ4n) is 5.33. The number of hydrogen-bond acceptors (Lipinski definition) is 4. The molecule has 42 heavy (non-hydrogen) atoms. The molecule has 222 valence electrons. The number of carbonyl (C=O) groups excluding carboxylic acids is 1. The topological polar surface area (TPSA) is 58.9 Å². The molecule has 0 aliphatic carbocycles. The third-order valence-electron chi connectivity index (χ3n) is 7.41. The highest BCUT2D eigenvalue weighted by Crippen LogP contribution is 2.34. The number of benzene rings is 2. The number of fused-ring (bicyclic) bond motifs is 1. The van der Waals surface area contributed by atoms with Crippen LogP contribution in [0.1, 0.15) is 58.6 Å². The molecule has 4 aromatic rings. The third-order valence-corrected chi connectivity index (χ3v) is 7.41. The van der Waals surface area contributed by atoms with Crippen LogP contribution in [0.3, 0.4) is 0 Å². The number of alkyl halides is 6. The molecule has 2 aromatic heterocycles. The van der Waals surface area contributed by atoms with E-state index in [1.165, 1.54) is 28.8 Å². The Labute approximate surface area is 237 Å². The van der Waals surface area contributed by atoms with Crippen molar-refractivity contribution >= 4 is 17.2 Å². The van der Waals surface area contributed by atoms with Crippen molar-refractivity contribution in [3.63, 3.8) is 0 Å². The van der Waals surface area contributed by atoms with E-state index >= 15 is 0 Å². The molecule has 5 rings (SSSR count). The predicted octanol–water partition coefficient (Wildman–Crippen LogP) is 7.13. The maximum atomic E-state index is 13.5. The average Bonchev–Trinajstić information content (AvgIpc) is 3.34. The minimum absolute atomic E-state index is 0.0839. The van der Waals surface area contributed by atoms with Gasteiger partial charge in [0, 0.05) is 31.5 Å². The molecule has 1 amide bonds. The molecule has 1 N–H and O–H groups in total. The molecule has 1 saturated heterocycles. The second-order valence-electron chi connectivity index (χ2n) is 10.1. The van der Waals surface area contributed by atoms with Crippen LogP contribution < -0.4 is 15.0 Å². The zero-order chi connectivity index (χ0) is 30.1. The van der Waals surface area contributed by atoms with E-state index in [1.807, 2.05) is 24.3 Å². The van der Waals surface area contributed by atoms with Crippen LogP contribution in [0.25, 0.3) is 5.65 Å². The lowest BCUT2D eigenvalue weighted by atomic mass is 9.89. The van der Waals surface area contributed by atoms with E-state index in [9.17, 15) is 31.1 Å². The molecule has 0 radical (unpaired) electrons. The van der Waals surface area contributed by atoms with Gasteiger partial charge in [-0.25, -0.2) is 4.98 Å². The first kappa shape index (κ1) is 29.3. The van der Waals surface area contributed by atoms with Gasteiger partial charge < -0.3 is 15.0 Å². The summed E-state index contributed by atoms with van der Waals surface area (Å²) in [7, 11) is 0. The van der Waals surface area contributed by atoms with Gasteiger partial charge in [-0.1, -0.05) is 31.2 Å². The Bertz CT molecular complexity index is 1540. The molecule has 12 heteroatoms. The Balaban J connectivity index is 1.18. The molecule has 3 heterocycles. The summed E-state index contributed by atoms with van der Waals surface area (Å²) in [6.07, 6.45) is -5.93. The number of pyridine rings is 1. The maximum Gasteiger partial charge on any atom is 0.573 e. The van der Waals surface area contributed by atoms with Gasteiger partial charge in [0.05, 0.1) is 11.3 Å². The van der Waals surface area contributed by atoms with Gasteiger partial charge in [-0.05, 0) is 72.7 Å². The third kappa shape index (κ3) is 6.47. The fraction of sp³-hybridized carbons (Fsp3) is 0.333. The van der Waals surface area contributed by atoms with E-state index in [0.717, 1.165) is 48.8 Å². The van der Waals surface area contributed by atoms with Crippen LogP contribution in [-0.4, -0.2) is 34.7 Å². The van der Waals surface area contributed by atoms with E-state index in [1.54, 1.807) is 19.1 Å². The summed E-state index contributed by atoms with van der Waals surface area (Å²) >= 11 is 0. The predicted molar refractivity (Wildman–Crippen MR) is 144 cm³/mol. The smallest absolute Gasteiger partial charge is 0.406 e. The van der Waals surface area contributed by atoms with E-state index in [4.69, 9.17) is 0 Å². The quantitative estimate of drug-likeness (QED) is 0.233. The lowest BCUT2D eigenvalue weighted by Gasteiger charge is -2.34. The first-order valence-electron chi connectivity index (χ1n) is 13.5. The highest BCUT2D eigenvalue weighted by molar-refractivity contribution is 5.95. The van der Waals surface area contributed by atoms with Gasteiger partial charge in [0.25, 0.3) is 5.91 Å². The molecule has 0 atom stereocenters. The molecule has 1 aliphatic rings. The number of halogens is 6. The number of hydrogen-bond donors (Lipinski definition) is 1. The second-order valence-corrected chi connectivity index (χ2v) is 10.1. The van der Waals surface area contributed by atoms with E-state index in [2.05, 4.69) is 19.9 Å². The van der Waals surface area contributed by atoms with Crippen LogP contribution in [0, 0.1) is 0 Å². The maximum absolute atomic E-state index is 13.5. The number of carbonyl (C=O) groups is 1. The number of imidazole rings is 1. The number of amides is 1. The minimum Gasteiger partial charge on any atom is -0.406 e. The molecule has 6 nitrogen and oxygen atoms in total. The highest BCUT2D eigenvalue weighted by atomic mass is 19.4. The number of nitrogens with one attached hydrogen (secondary N) is 1. The zero-order valence-corrected chi connectivity index (χ0v) is 22.6. The van der Waals surface area contributed by atoms with Crippen molar-refractivity contribution in [2.24, 2.45) is 0 Å². The Morgan fingerprint density at radius 2 is 1.64 bits per heavy atom. The number of anilines is 1. The Hall–Kier alpha value is -4.22. The van der Waals surface area contributed by atoms with Gasteiger partial charge in [0.1, 0.15) is 17.1 Å². The average molecular weight is 591 g/mol. The van der Waals surface area contributed by atoms with Crippen molar-refractivity contribution in [3.05, 3.63) is 94.9 Å². The summed E-state index contributed by atoms with van der Waals surface area (Å²) in [6, 6.07) is 15.9. The summed E-state index contributed by atoms with van der Waals surface area (Å²) in [5, 5.41) is 2.80.